The van der Waals surface area contributed by atoms with Crippen molar-refractivity contribution in [3.8, 4) is 11.5 Å². The molecule has 2 N–H and O–H groups in total. The molecule has 0 saturated heterocycles. The summed E-state index contributed by atoms with van der Waals surface area (Å²) >= 11 is 0. The van der Waals surface area contributed by atoms with E-state index in [4.69, 9.17) is 9.47 Å². The van der Waals surface area contributed by atoms with Crippen molar-refractivity contribution in [1.29, 1.82) is 0 Å². The summed E-state index contributed by atoms with van der Waals surface area (Å²) in [4.78, 5) is 25.5. The fraction of sp³-hybridized carbons (Fsp3) is 0.706. The maximum Gasteiger partial charge on any atom is 0.306 e. The Bertz CT molecular complexity index is 836. The topological polar surface area (TPSA) is 84.9 Å². The summed E-state index contributed by atoms with van der Waals surface area (Å²) in [5, 5.41) is 12.7. The van der Waals surface area contributed by atoms with Crippen LogP contribution in [0.25, 0.3) is 0 Å². The standard InChI is InChI=1S/C34H57NO5/c1-5-6-7-8-9-10-11-12-13-14-15-16-20-23-33(37)40-31(22-19-17-18-21-28(2)3)34(38)35-27-29-24-25-30(36)32(26-29)39-4/h18,21,24-26,28,31,36H,5-17,19-20,22-23,27H2,1-4H3,(H,35,38)/b21-18-. The van der Waals surface area contributed by atoms with Crippen molar-refractivity contribution >= 4 is 11.9 Å². The van der Waals surface area contributed by atoms with Crippen LogP contribution in [-0.2, 0) is 20.9 Å². The molecular formula is C34H57NO5. The number of aromatic hydroxyl groups is 1. The minimum atomic E-state index is -0.805. The highest BCUT2D eigenvalue weighted by molar-refractivity contribution is 5.83. The Hall–Kier alpha value is -2.50. The number of hydrogen-bond donors (Lipinski definition) is 2. The monoisotopic (exact) mass is 559 g/mol. The highest BCUT2D eigenvalue weighted by Gasteiger charge is 2.22. The molecule has 1 aromatic carbocycles. The van der Waals surface area contributed by atoms with Crippen molar-refractivity contribution in [2.45, 2.75) is 143 Å². The summed E-state index contributed by atoms with van der Waals surface area (Å²) in [7, 11) is 1.48. The zero-order valence-electron chi connectivity index (χ0n) is 25.8. The van der Waals surface area contributed by atoms with E-state index in [0.29, 0.717) is 24.5 Å². The van der Waals surface area contributed by atoms with Crippen molar-refractivity contribution in [2.24, 2.45) is 5.92 Å². The van der Waals surface area contributed by atoms with E-state index in [-0.39, 0.29) is 24.2 Å². The molecule has 0 spiro atoms. The molecule has 6 heteroatoms. The number of phenols is 1. The Kier molecular flexibility index (Phi) is 20.6. The van der Waals surface area contributed by atoms with Crippen LogP contribution in [0.1, 0.15) is 135 Å². The third-order valence-electron chi connectivity index (χ3n) is 7.12. The van der Waals surface area contributed by atoms with Gasteiger partial charge < -0.3 is 19.9 Å². The Labute approximate surface area is 244 Å². The van der Waals surface area contributed by atoms with E-state index in [1.54, 1.807) is 12.1 Å². The van der Waals surface area contributed by atoms with E-state index >= 15 is 0 Å². The molecule has 1 amide bonds. The molecule has 0 bridgehead atoms. The molecule has 1 unspecified atom stereocenters. The average Bonchev–Trinajstić information content (AvgIpc) is 2.93. The van der Waals surface area contributed by atoms with Gasteiger partial charge in [-0.15, -0.1) is 0 Å². The van der Waals surface area contributed by atoms with Crippen molar-refractivity contribution in [2.75, 3.05) is 7.11 Å². The number of methoxy groups -OCH3 is 1. The largest absolute Gasteiger partial charge is 0.504 e. The Balaban J connectivity index is 2.37. The summed E-state index contributed by atoms with van der Waals surface area (Å²) in [6, 6.07) is 4.95. The molecule has 0 fully saturated rings. The van der Waals surface area contributed by atoms with Crippen LogP contribution in [-0.4, -0.2) is 30.2 Å². The van der Waals surface area contributed by atoms with Gasteiger partial charge >= 0.3 is 5.97 Å². The number of nitrogens with one attached hydrogen (secondary N) is 1. The molecular weight excluding hydrogens is 502 g/mol. The van der Waals surface area contributed by atoms with Crippen LogP contribution in [0.2, 0.25) is 0 Å². The second-order valence-electron chi connectivity index (χ2n) is 11.3. The SMILES string of the molecule is CCCCCCCCCCCCCCCC(=O)OC(CCC/C=C\C(C)C)C(=O)NCc1ccc(O)c(OC)c1. The van der Waals surface area contributed by atoms with Gasteiger partial charge in [-0.25, -0.2) is 0 Å². The lowest BCUT2D eigenvalue weighted by Crippen LogP contribution is -2.37. The van der Waals surface area contributed by atoms with Crippen LogP contribution >= 0.6 is 0 Å². The summed E-state index contributed by atoms with van der Waals surface area (Å²) < 4.78 is 10.8. The predicted octanol–water partition coefficient (Wildman–Crippen LogP) is 8.79. The zero-order chi connectivity index (χ0) is 29.4. The quantitative estimate of drug-likeness (QED) is 0.0751. The fourth-order valence-electron chi connectivity index (χ4n) is 4.67. The molecule has 0 radical (unpaired) electrons. The van der Waals surface area contributed by atoms with Crippen molar-refractivity contribution in [1.82, 2.24) is 5.32 Å². The third-order valence-corrected chi connectivity index (χ3v) is 7.12. The van der Waals surface area contributed by atoms with Crippen LogP contribution in [0.4, 0.5) is 0 Å². The molecule has 0 heterocycles. The Morgan fingerprint density at radius 2 is 1.50 bits per heavy atom. The van der Waals surface area contributed by atoms with E-state index in [9.17, 15) is 14.7 Å². The molecule has 1 aromatic rings. The van der Waals surface area contributed by atoms with Gasteiger partial charge in [-0.1, -0.05) is 116 Å². The Morgan fingerprint density at radius 3 is 2.08 bits per heavy atom. The minimum Gasteiger partial charge on any atom is -0.504 e. The second-order valence-corrected chi connectivity index (χ2v) is 11.3. The third kappa shape index (κ3) is 18.0. The number of unbranched alkanes of at least 4 members (excludes halogenated alkanes) is 13. The van der Waals surface area contributed by atoms with Gasteiger partial charge in [0.25, 0.3) is 5.91 Å². The highest BCUT2D eigenvalue weighted by Crippen LogP contribution is 2.26. The second kappa shape index (κ2) is 23.2. The molecule has 0 saturated carbocycles. The normalized spacial score (nSPS) is 12.1. The maximum atomic E-state index is 12.9. The van der Waals surface area contributed by atoms with Gasteiger partial charge in [0.1, 0.15) is 0 Å². The van der Waals surface area contributed by atoms with Crippen molar-refractivity contribution < 1.29 is 24.2 Å². The zero-order valence-corrected chi connectivity index (χ0v) is 25.8. The number of carbonyl (C=O) groups excluding carboxylic acids is 2. The van der Waals surface area contributed by atoms with E-state index in [1.165, 1.54) is 77.4 Å². The average molecular weight is 560 g/mol. The molecule has 1 atom stereocenters. The molecule has 1 rings (SSSR count). The van der Waals surface area contributed by atoms with Crippen molar-refractivity contribution in [3.05, 3.63) is 35.9 Å². The number of carbonyl (C=O) groups is 2. The van der Waals surface area contributed by atoms with Gasteiger partial charge in [-0.2, -0.15) is 0 Å². The van der Waals surface area contributed by atoms with Gasteiger partial charge in [0.05, 0.1) is 7.11 Å². The Morgan fingerprint density at radius 1 is 0.900 bits per heavy atom. The first-order valence-corrected chi connectivity index (χ1v) is 15.9. The molecule has 40 heavy (non-hydrogen) atoms. The lowest BCUT2D eigenvalue weighted by Gasteiger charge is -2.18. The summed E-state index contributed by atoms with van der Waals surface area (Å²) in [6.45, 7) is 6.77. The minimum absolute atomic E-state index is 0.0481. The smallest absolute Gasteiger partial charge is 0.306 e. The van der Waals surface area contributed by atoms with E-state index in [2.05, 4.69) is 38.2 Å². The van der Waals surface area contributed by atoms with Crippen LogP contribution in [0.3, 0.4) is 0 Å². The van der Waals surface area contributed by atoms with E-state index in [1.807, 2.05) is 0 Å². The summed E-state index contributed by atoms with van der Waals surface area (Å²) in [5.41, 5.74) is 0.792. The van der Waals surface area contributed by atoms with Crippen LogP contribution < -0.4 is 10.1 Å². The van der Waals surface area contributed by atoms with Gasteiger partial charge in [0.2, 0.25) is 0 Å². The number of ether oxygens (including phenoxy) is 2. The number of allylic oxidation sites excluding steroid dienone is 2. The first-order valence-electron chi connectivity index (χ1n) is 15.9. The first-order chi connectivity index (χ1) is 19.4. The van der Waals surface area contributed by atoms with Crippen LogP contribution in [0.15, 0.2) is 30.4 Å². The van der Waals surface area contributed by atoms with Gasteiger partial charge in [0, 0.05) is 13.0 Å². The lowest BCUT2D eigenvalue weighted by molar-refractivity contribution is -0.156. The number of benzene rings is 1. The molecule has 6 nitrogen and oxygen atoms in total. The number of phenolic OH excluding ortho intramolecular Hbond substituents is 1. The summed E-state index contributed by atoms with van der Waals surface area (Å²) in [5.74, 6) is 0.293. The van der Waals surface area contributed by atoms with Gasteiger partial charge in [-0.3, -0.25) is 9.59 Å². The predicted molar refractivity (Wildman–Crippen MR) is 165 cm³/mol. The van der Waals surface area contributed by atoms with E-state index < -0.39 is 6.10 Å². The summed E-state index contributed by atoms with van der Waals surface area (Å²) in [6.07, 6.45) is 22.2. The number of esters is 1. The molecule has 0 aliphatic carbocycles. The molecule has 0 aliphatic heterocycles. The van der Waals surface area contributed by atoms with Gasteiger partial charge in [-0.05, 0) is 49.3 Å². The molecule has 0 aliphatic rings. The molecule has 0 aromatic heterocycles. The number of rotatable bonds is 24. The maximum absolute atomic E-state index is 12.9. The number of hydrogen-bond acceptors (Lipinski definition) is 5. The number of amides is 1. The van der Waals surface area contributed by atoms with E-state index in [0.717, 1.165) is 37.7 Å². The highest BCUT2D eigenvalue weighted by atomic mass is 16.5. The van der Waals surface area contributed by atoms with Crippen LogP contribution in [0.5, 0.6) is 11.5 Å². The molecule has 228 valence electrons. The van der Waals surface area contributed by atoms with Gasteiger partial charge in [0.15, 0.2) is 17.6 Å². The first kappa shape index (κ1) is 35.5. The lowest BCUT2D eigenvalue weighted by atomic mass is 10.0. The fourth-order valence-corrected chi connectivity index (χ4v) is 4.67. The van der Waals surface area contributed by atoms with Crippen LogP contribution in [0, 0.1) is 5.92 Å². The van der Waals surface area contributed by atoms with Crippen molar-refractivity contribution in [3.63, 3.8) is 0 Å².